The standard InChI is InChI=1S/C10H9Cl4FN2O/c11-6-1-3-7(4-2-6)16-9(10(12,13)14)17-8(18)5-15/h1-4,9,16H,5H2,(H,17,18). The summed E-state index contributed by atoms with van der Waals surface area (Å²) in [6.45, 7) is -1.19. The van der Waals surface area contributed by atoms with Crippen molar-refractivity contribution in [3.8, 4) is 0 Å². The van der Waals surface area contributed by atoms with Gasteiger partial charge in [0.15, 0.2) is 6.67 Å². The molecule has 18 heavy (non-hydrogen) atoms. The van der Waals surface area contributed by atoms with E-state index >= 15 is 0 Å². The van der Waals surface area contributed by atoms with Gasteiger partial charge in [-0.25, -0.2) is 4.39 Å². The third-order valence-electron chi connectivity index (χ3n) is 1.91. The predicted octanol–water partition coefficient (Wildman–Crippen LogP) is 3.53. The summed E-state index contributed by atoms with van der Waals surface area (Å²) in [5.74, 6) is -0.882. The fourth-order valence-corrected chi connectivity index (χ4v) is 1.57. The second-order valence-electron chi connectivity index (χ2n) is 3.33. The summed E-state index contributed by atoms with van der Waals surface area (Å²) in [6.07, 6.45) is -1.06. The van der Waals surface area contributed by atoms with Crippen molar-refractivity contribution in [2.45, 2.75) is 9.96 Å². The average molecular weight is 334 g/mol. The summed E-state index contributed by atoms with van der Waals surface area (Å²) in [5.41, 5.74) is 0.565. The van der Waals surface area contributed by atoms with Crippen LogP contribution >= 0.6 is 46.4 Å². The number of carbonyl (C=O) groups is 1. The summed E-state index contributed by atoms with van der Waals surface area (Å²) in [4.78, 5) is 11.0. The summed E-state index contributed by atoms with van der Waals surface area (Å²) in [7, 11) is 0. The van der Waals surface area contributed by atoms with Gasteiger partial charge in [-0.15, -0.1) is 0 Å². The highest BCUT2D eigenvalue weighted by Crippen LogP contribution is 2.31. The van der Waals surface area contributed by atoms with Gasteiger partial charge in [-0.3, -0.25) is 4.79 Å². The van der Waals surface area contributed by atoms with E-state index in [1.807, 2.05) is 0 Å². The van der Waals surface area contributed by atoms with Crippen molar-refractivity contribution >= 4 is 58.0 Å². The van der Waals surface area contributed by atoms with E-state index in [1.165, 1.54) is 0 Å². The number of hydrogen-bond acceptors (Lipinski definition) is 2. The largest absolute Gasteiger partial charge is 0.362 e. The Hall–Kier alpha value is -0.420. The molecule has 0 heterocycles. The van der Waals surface area contributed by atoms with Crippen LogP contribution in [0, 0.1) is 0 Å². The zero-order valence-corrected chi connectivity index (χ0v) is 11.9. The van der Waals surface area contributed by atoms with E-state index in [0.717, 1.165) is 0 Å². The number of alkyl halides is 4. The molecule has 1 aromatic rings. The van der Waals surface area contributed by atoms with Gasteiger partial charge in [0.1, 0.15) is 6.17 Å². The second-order valence-corrected chi connectivity index (χ2v) is 6.13. The summed E-state index contributed by atoms with van der Waals surface area (Å²) in [5, 5.41) is 5.51. The maximum atomic E-state index is 12.1. The fraction of sp³-hybridized carbons (Fsp3) is 0.300. The van der Waals surface area contributed by atoms with Gasteiger partial charge in [0, 0.05) is 10.7 Å². The number of anilines is 1. The highest BCUT2D eigenvalue weighted by Gasteiger charge is 2.33. The molecule has 0 aliphatic heterocycles. The molecule has 1 aromatic carbocycles. The van der Waals surface area contributed by atoms with Crippen LogP contribution in [0.2, 0.25) is 5.02 Å². The molecule has 8 heteroatoms. The maximum Gasteiger partial charge on any atom is 0.253 e. The van der Waals surface area contributed by atoms with Crippen LogP contribution < -0.4 is 10.6 Å². The molecular formula is C10H9Cl4FN2O. The number of hydrogen-bond donors (Lipinski definition) is 2. The van der Waals surface area contributed by atoms with E-state index in [-0.39, 0.29) is 0 Å². The highest BCUT2D eigenvalue weighted by molar-refractivity contribution is 6.68. The van der Waals surface area contributed by atoms with Gasteiger partial charge in [0.2, 0.25) is 3.79 Å². The van der Waals surface area contributed by atoms with Crippen LogP contribution in [-0.2, 0) is 4.79 Å². The van der Waals surface area contributed by atoms with Gasteiger partial charge in [-0.05, 0) is 24.3 Å². The third kappa shape index (κ3) is 5.06. The summed E-state index contributed by atoms with van der Waals surface area (Å²) < 4.78 is 10.3. The molecule has 0 aliphatic carbocycles. The van der Waals surface area contributed by atoms with Gasteiger partial charge in [-0.1, -0.05) is 46.4 Å². The Bertz CT molecular complexity index is 407. The molecule has 0 radical (unpaired) electrons. The topological polar surface area (TPSA) is 41.1 Å². The molecule has 0 bridgehead atoms. The lowest BCUT2D eigenvalue weighted by molar-refractivity contribution is -0.122. The van der Waals surface area contributed by atoms with Gasteiger partial charge >= 0.3 is 0 Å². The van der Waals surface area contributed by atoms with Gasteiger partial charge in [0.25, 0.3) is 5.91 Å². The molecule has 0 aliphatic rings. The molecule has 1 unspecified atom stereocenters. The van der Waals surface area contributed by atoms with Crippen LogP contribution in [0.25, 0.3) is 0 Å². The van der Waals surface area contributed by atoms with Crippen molar-refractivity contribution in [1.29, 1.82) is 0 Å². The van der Waals surface area contributed by atoms with Crippen LogP contribution in [0.1, 0.15) is 0 Å². The SMILES string of the molecule is O=C(CF)NC(Nc1ccc(Cl)cc1)C(Cl)(Cl)Cl. The van der Waals surface area contributed by atoms with Crippen LogP contribution in [0.5, 0.6) is 0 Å². The van der Waals surface area contributed by atoms with Crippen LogP contribution in [-0.4, -0.2) is 22.5 Å². The monoisotopic (exact) mass is 332 g/mol. The molecule has 0 fully saturated rings. The summed E-state index contributed by atoms with van der Waals surface area (Å²) >= 11 is 22.8. The minimum absolute atomic E-state index is 0.541. The molecule has 1 amide bonds. The second kappa shape index (κ2) is 6.66. The first-order valence-corrected chi connectivity index (χ1v) is 6.28. The quantitative estimate of drug-likeness (QED) is 0.653. The van der Waals surface area contributed by atoms with E-state index < -0.39 is 22.5 Å². The van der Waals surface area contributed by atoms with Gasteiger partial charge < -0.3 is 10.6 Å². The number of benzene rings is 1. The molecule has 0 saturated carbocycles. The first kappa shape index (κ1) is 15.6. The lowest BCUT2D eigenvalue weighted by Gasteiger charge is -2.27. The van der Waals surface area contributed by atoms with E-state index in [4.69, 9.17) is 46.4 Å². The minimum atomic E-state index is -1.83. The molecule has 3 nitrogen and oxygen atoms in total. The molecular weight excluding hydrogens is 325 g/mol. The van der Waals surface area contributed by atoms with E-state index in [1.54, 1.807) is 24.3 Å². The lowest BCUT2D eigenvalue weighted by Crippen LogP contribution is -2.49. The van der Waals surface area contributed by atoms with Gasteiger partial charge in [0.05, 0.1) is 0 Å². The van der Waals surface area contributed by atoms with Crippen LogP contribution in [0.3, 0.4) is 0 Å². The molecule has 0 spiro atoms. The number of carbonyl (C=O) groups excluding carboxylic acids is 1. The lowest BCUT2D eigenvalue weighted by atomic mass is 10.3. The van der Waals surface area contributed by atoms with Crippen molar-refractivity contribution in [2.75, 3.05) is 12.0 Å². The Labute approximate surface area is 124 Å². The van der Waals surface area contributed by atoms with Crippen molar-refractivity contribution < 1.29 is 9.18 Å². The van der Waals surface area contributed by atoms with Crippen molar-refractivity contribution in [3.63, 3.8) is 0 Å². The van der Waals surface area contributed by atoms with E-state index in [2.05, 4.69) is 10.6 Å². The van der Waals surface area contributed by atoms with E-state index in [9.17, 15) is 9.18 Å². The molecule has 1 atom stereocenters. The average Bonchev–Trinajstić information content (AvgIpc) is 2.29. The van der Waals surface area contributed by atoms with Crippen LogP contribution in [0.15, 0.2) is 24.3 Å². The number of amides is 1. The Kier molecular flexibility index (Phi) is 5.79. The Morgan fingerprint density at radius 1 is 1.28 bits per heavy atom. The third-order valence-corrected chi connectivity index (χ3v) is 2.82. The Balaban J connectivity index is 2.78. The van der Waals surface area contributed by atoms with Crippen LogP contribution in [0.4, 0.5) is 10.1 Å². The van der Waals surface area contributed by atoms with E-state index in [0.29, 0.717) is 10.7 Å². The predicted molar refractivity (Wildman–Crippen MR) is 73.3 cm³/mol. The van der Waals surface area contributed by atoms with Crippen molar-refractivity contribution in [3.05, 3.63) is 29.3 Å². The zero-order chi connectivity index (χ0) is 13.8. The van der Waals surface area contributed by atoms with Crippen molar-refractivity contribution in [2.24, 2.45) is 0 Å². The Morgan fingerprint density at radius 2 is 1.83 bits per heavy atom. The summed E-state index contributed by atoms with van der Waals surface area (Å²) in [6, 6.07) is 6.51. The fourth-order valence-electron chi connectivity index (χ4n) is 1.11. The Morgan fingerprint density at radius 3 is 2.28 bits per heavy atom. The van der Waals surface area contributed by atoms with Gasteiger partial charge in [-0.2, -0.15) is 0 Å². The molecule has 0 aromatic heterocycles. The molecule has 0 saturated heterocycles. The van der Waals surface area contributed by atoms with Crippen molar-refractivity contribution in [1.82, 2.24) is 5.32 Å². The highest BCUT2D eigenvalue weighted by atomic mass is 35.6. The smallest absolute Gasteiger partial charge is 0.253 e. The number of halogens is 5. The first-order chi connectivity index (χ1) is 8.32. The first-order valence-electron chi connectivity index (χ1n) is 4.77. The molecule has 100 valence electrons. The number of rotatable bonds is 4. The molecule has 1 rings (SSSR count). The minimum Gasteiger partial charge on any atom is -0.362 e. The zero-order valence-electron chi connectivity index (χ0n) is 8.89. The maximum absolute atomic E-state index is 12.1. The normalized spacial score (nSPS) is 12.9. The number of nitrogens with one attached hydrogen (secondary N) is 2. The molecule has 2 N–H and O–H groups in total.